The highest BCUT2D eigenvalue weighted by atomic mass is 16.9. The number of anilines is 1. The van der Waals surface area contributed by atoms with Gasteiger partial charge in [-0.3, -0.25) is 14.5 Å². The highest BCUT2D eigenvalue weighted by molar-refractivity contribution is 6.05. The zero-order valence-corrected chi connectivity index (χ0v) is 33.2. The minimum atomic E-state index is -0.871. The molecule has 0 spiro atoms. The van der Waals surface area contributed by atoms with Crippen molar-refractivity contribution in [3.63, 3.8) is 0 Å². The van der Waals surface area contributed by atoms with Gasteiger partial charge in [-0.15, -0.1) is 10.1 Å². The highest BCUT2D eigenvalue weighted by Crippen LogP contribution is 2.37. The van der Waals surface area contributed by atoms with Crippen molar-refractivity contribution in [3.8, 4) is 5.75 Å². The molecule has 5 rings (SSSR count). The van der Waals surface area contributed by atoms with Gasteiger partial charge in [0.05, 0.1) is 44.8 Å². The highest BCUT2D eigenvalue weighted by Gasteiger charge is 2.39. The van der Waals surface area contributed by atoms with E-state index in [-0.39, 0.29) is 30.6 Å². The molecule has 3 atom stereocenters. The lowest BCUT2D eigenvalue weighted by atomic mass is 9.77. The second-order valence-corrected chi connectivity index (χ2v) is 15.0. The van der Waals surface area contributed by atoms with Gasteiger partial charge in [0.1, 0.15) is 19.0 Å². The average molecular weight is 777 g/mol. The molecule has 0 radical (unpaired) electrons. The number of carbonyl (C=O) groups is 2. The second-order valence-electron chi connectivity index (χ2n) is 15.0. The van der Waals surface area contributed by atoms with Crippen molar-refractivity contribution < 1.29 is 43.2 Å². The molecule has 1 N–H and O–H groups in total. The summed E-state index contributed by atoms with van der Waals surface area (Å²) < 4.78 is 28.8. The van der Waals surface area contributed by atoms with Gasteiger partial charge in [-0.05, 0) is 65.8 Å². The Labute approximate surface area is 329 Å². The number of methoxy groups -OCH3 is 2. The molecule has 0 saturated carbocycles. The van der Waals surface area contributed by atoms with Gasteiger partial charge in [-0.25, -0.2) is 0 Å². The zero-order valence-electron chi connectivity index (χ0n) is 33.2. The summed E-state index contributed by atoms with van der Waals surface area (Å²) in [5.41, 5.74) is 4.32. The van der Waals surface area contributed by atoms with E-state index < -0.39 is 16.4 Å². The van der Waals surface area contributed by atoms with E-state index in [4.69, 9.17) is 23.7 Å². The molecule has 0 unspecified atom stereocenters. The third-order valence-corrected chi connectivity index (χ3v) is 10.4. The van der Waals surface area contributed by atoms with Gasteiger partial charge in [-0.2, -0.15) is 0 Å². The fourth-order valence-corrected chi connectivity index (χ4v) is 7.40. The van der Waals surface area contributed by atoms with Crippen molar-refractivity contribution in [1.29, 1.82) is 0 Å². The molecule has 0 aromatic heterocycles. The Balaban J connectivity index is 1.27. The number of benzene rings is 3. The van der Waals surface area contributed by atoms with Crippen LogP contribution in [0.25, 0.3) is 0 Å². The lowest BCUT2D eigenvalue weighted by molar-refractivity contribution is -0.763. The number of ether oxygens (including phenoxy) is 5. The Morgan fingerprint density at radius 1 is 0.946 bits per heavy atom. The van der Waals surface area contributed by atoms with E-state index in [1.54, 1.807) is 38.5 Å². The molecular formula is C42H56N4O10. The lowest BCUT2D eigenvalue weighted by Gasteiger charge is -2.40. The molecule has 14 heteroatoms. The predicted octanol–water partition coefficient (Wildman–Crippen LogP) is 5.54. The van der Waals surface area contributed by atoms with Crippen molar-refractivity contribution in [3.05, 3.63) is 105 Å². The maximum absolute atomic E-state index is 13.9. The van der Waals surface area contributed by atoms with Crippen LogP contribution < -0.4 is 15.0 Å². The Morgan fingerprint density at radius 3 is 2.36 bits per heavy atom. The molecule has 14 nitrogen and oxygen atoms in total. The number of rotatable bonds is 20. The maximum atomic E-state index is 13.9. The largest absolute Gasteiger partial charge is 0.490 e. The first kappa shape index (κ1) is 42.5. The molecule has 3 aromatic carbocycles. The number of fused-ring (bicyclic) bond motifs is 1. The first-order chi connectivity index (χ1) is 27.0. The van der Waals surface area contributed by atoms with Crippen molar-refractivity contribution in [2.45, 2.75) is 71.0 Å². The van der Waals surface area contributed by atoms with Crippen LogP contribution in [0, 0.1) is 15.5 Å². The average Bonchev–Trinajstić information content (AvgIpc) is 3.20. The van der Waals surface area contributed by atoms with Crippen LogP contribution in [-0.2, 0) is 48.4 Å². The van der Waals surface area contributed by atoms with E-state index in [2.05, 4.69) is 51.5 Å². The number of nitrogens with one attached hydrogen (secondary N) is 1. The van der Waals surface area contributed by atoms with Gasteiger partial charge < -0.3 is 38.7 Å². The van der Waals surface area contributed by atoms with Crippen LogP contribution in [-0.4, -0.2) is 101 Å². The fraction of sp³-hybridized carbons (Fsp3) is 0.524. The molecule has 2 amide bonds. The Morgan fingerprint density at radius 2 is 1.64 bits per heavy atom. The van der Waals surface area contributed by atoms with Gasteiger partial charge in [0.25, 0.3) is 11.0 Å². The summed E-state index contributed by atoms with van der Waals surface area (Å²) in [5, 5.41) is 13.3. The van der Waals surface area contributed by atoms with Crippen molar-refractivity contribution in [2.75, 3.05) is 72.2 Å². The van der Waals surface area contributed by atoms with Gasteiger partial charge in [0, 0.05) is 63.9 Å². The topological polar surface area (TPSA) is 151 Å². The van der Waals surface area contributed by atoms with E-state index in [1.165, 1.54) is 7.05 Å². The number of imide groups is 1. The first-order valence-corrected chi connectivity index (χ1v) is 19.2. The molecule has 2 aliphatic heterocycles. The van der Waals surface area contributed by atoms with Crippen LogP contribution in [0.3, 0.4) is 0 Å². The minimum absolute atomic E-state index is 0.0261. The summed E-state index contributed by atoms with van der Waals surface area (Å²) in [6.45, 7) is 9.14. The number of hydrogen-bond donors (Lipinski definition) is 1. The van der Waals surface area contributed by atoms with Crippen molar-refractivity contribution in [2.24, 2.45) is 5.41 Å². The summed E-state index contributed by atoms with van der Waals surface area (Å²) >= 11 is 0. The van der Waals surface area contributed by atoms with Crippen LogP contribution in [0.15, 0.2) is 66.7 Å². The molecular weight excluding hydrogens is 720 g/mol. The summed E-state index contributed by atoms with van der Waals surface area (Å²) in [7, 11) is 4.86. The third-order valence-electron chi connectivity index (χ3n) is 10.4. The quantitative estimate of drug-likeness (QED) is 0.0872. The fourth-order valence-electron chi connectivity index (χ4n) is 7.40. The summed E-state index contributed by atoms with van der Waals surface area (Å²) in [5.74, 6) is 0.169. The zero-order chi connectivity index (χ0) is 40.1. The molecule has 2 heterocycles. The maximum Gasteiger partial charge on any atom is 0.294 e. The molecule has 56 heavy (non-hydrogen) atoms. The van der Waals surface area contributed by atoms with E-state index in [1.807, 2.05) is 19.9 Å². The molecule has 1 fully saturated rings. The van der Waals surface area contributed by atoms with Gasteiger partial charge in [0.2, 0.25) is 5.91 Å². The summed E-state index contributed by atoms with van der Waals surface area (Å²) in [4.78, 5) is 45.7. The minimum Gasteiger partial charge on any atom is -0.490 e. The van der Waals surface area contributed by atoms with Gasteiger partial charge >= 0.3 is 0 Å². The molecule has 0 bridgehead atoms. The number of amides is 2. The monoisotopic (exact) mass is 776 g/mol. The van der Waals surface area contributed by atoms with Crippen LogP contribution in [0.2, 0.25) is 0 Å². The van der Waals surface area contributed by atoms with Crippen molar-refractivity contribution >= 4 is 17.5 Å². The summed E-state index contributed by atoms with van der Waals surface area (Å²) in [6, 6.07) is 20.9. The Bertz CT molecular complexity index is 1740. The van der Waals surface area contributed by atoms with E-state index in [0.29, 0.717) is 63.7 Å². The van der Waals surface area contributed by atoms with E-state index >= 15 is 0 Å². The number of nitrogens with zero attached hydrogens (tertiary/aromatic N) is 3. The molecule has 304 valence electrons. The molecule has 3 aromatic rings. The van der Waals surface area contributed by atoms with Crippen molar-refractivity contribution in [1.82, 2.24) is 10.2 Å². The van der Waals surface area contributed by atoms with Crippen LogP contribution in [0.5, 0.6) is 5.75 Å². The van der Waals surface area contributed by atoms with Crippen LogP contribution >= 0.6 is 0 Å². The third kappa shape index (κ3) is 11.7. The molecule has 0 aliphatic carbocycles. The molecule has 2 aliphatic rings. The Hall–Kier alpha value is -4.60. The van der Waals surface area contributed by atoms with E-state index in [9.17, 15) is 19.7 Å². The van der Waals surface area contributed by atoms with Crippen LogP contribution in [0.4, 0.5) is 5.69 Å². The summed E-state index contributed by atoms with van der Waals surface area (Å²) in [6.07, 6.45) is 2.02. The van der Waals surface area contributed by atoms with Crippen LogP contribution in [0.1, 0.15) is 71.6 Å². The second kappa shape index (κ2) is 20.5. The SMILES string of the molecule is COCCCN1CCOc2ccc(CO[C@H]3CN[C@H](CC(C)(C)C(=O)N(C)C(=O)c4ccc(CO[N+](=O)[O-])cc4)C[C@@H]3c3ccc(COCCOC)cc3)cc21. The number of piperidine rings is 1. The molecule has 1 saturated heterocycles. The predicted molar refractivity (Wildman–Crippen MR) is 210 cm³/mol. The number of hydrogen-bond acceptors (Lipinski definition) is 12. The first-order valence-electron chi connectivity index (χ1n) is 19.2. The van der Waals surface area contributed by atoms with E-state index in [0.717, 1.165) is 59.0 Å². The number of carbonyl (C=O) groups excluding carboxylic acids is 2. The van der Waals surface area contributed by atoms with Gasteiger partial charge in [0.15, 0.2) is 0 Å². The normalized spacial score (nSPS) is 18.2. The van der Waals surface area contributed by atoms with Gasteiger partial charge in [-0.1, -0.05) is 56.3 Å². The smallest absolute Gasteiger partial charge is 0.294 e. The Kier molecular flexibility index (Phi) is 15.6. The standard InChI is InChI=1S/C42H56N4O10/c1-42(2,41(48)44(3)40(47)34-14-9-31(10-15-34)29-56-46(49)50)25-35-24-36(33-12-7-30(8-13-33)27-53-22-21-52-5)39(26-43-35)55-28-32-11-16-38-37(23-32)45(18-20-54-38)17-6-19-51-4/h7-16,23,35-36,39,43H,6,17-22,24-29H2,1-5H3/t35-,36+,39-/m0/s1. The lowest BCUT2D eigenvalue weighted by Crippen LogP contribution is -2.51.